The molecule has 1 heterocycles. The van der Waals surface area contributed by atoms with Crippen LogP contribution in [0.25, 0.3) is 10.9 Å². The highest BCUT2D eigenvalue weighted by molar-refractivity contribution is 6.01. The van der Waals surface area contributed by atoms with Crippen molar-refractivity contribution in [2.45, 2.75) is 13.8 Å². The van der Waals surface area contributed by atoms with Crippen LogP contribution in [0.3, 0.4) is 0 Å². The number of aliphatic imine (C=N–C) groups is 1. The van der Waals surface area contributed by atoms with E-state index in [1.165, 1.54) is 0 Å². The minimum atomic E-state index is 0.800. The fraction of sp³-hybridized carbons (Fsp3) is 0.333. The van der Waals surface area contributed by atoms with Gasteiger partial charge in [-0.3, -0.25) is 4.99 Å². The molecule has 0 spiro atoms. The Morgan fingerprint density at radius 2 is 1.84 bits per heavy atom. The van der Waals surface area contributed by atoms with Gasteiger partial charge in [0.05, 0.1) is 31.1 Å². The fourth-order valence-corrected chi connectivity index (χ4v) is 2.07. The van der Waals surface area contributed by atoms with Gasteiger partial charge in [0.1, 0.15) is 11.5 Å². The van der Waals surface area contributed by atoms with Crippen molar-refractivity contribution >= 4 is 16.6 Å². The first-order chi connectivity index (χ1) is 9.12. The van der Waals surface area contributed by atoms with Crippen LogP contribution in [0, 0.1) is 6.92 Å². The molecule has 0 aliphatic rings. The lowest BCUT2D eigenvalue weighted by Gasteiger charge is -2.12. The molecule has 0 N–H and O–H groups in total. The molecule has 4 heteroatoms. The predicted molar refractivity (Wildman–Crippen MR) is 77.7 cm³/mol. The Hall–Kier alpha value is -2.10. The Labute approximate surface area is 113 Å². The molecule has 0 fully saturated rings. The van der Waals surface area contributed by atoms with Crippen LogP contribution in [0.15, 0.2) is 23.2 Å². The number of aromatic nitrogens is 1. The standard InChI is InChI=1S/C15H18N2O2/c1-9-13(18-4)7-6-11-14(19-5)8-12(10(2)16-3)17-15(9)11/h6-8H,1-5H3. The van der Waals surface area contributed by atoms with E-state index in [4.69, 9.17) is 9.47 Å². The predicted octanol–water partition coefficient (Wildman–Crippen LogP) is 3.00. The Morgan fingerprint density at radius 1 is 1.16 bits per heavy atom. The third-order valence-electron chi connectivity index (χ3n) is 3.29. The van der Waals surface area contributed by atoms with Crippen molar-refractivity contribution in [2.24, 2.45) is 4.99 Å². The maximum Gasteiger partial charge on any atom is 0.130 e. The zero-order chi connectivity index (χ0) is 14.0. The van der Waals surface area contributed by atoms with Crippen LogP contribution in [0.1, 0.15) is 18.2 Å². The molecule has 0 atom stereocenters. The van der Waals surface area contributed by atoms with Crippen LogP contribution >= 0.6 is 0 Å². The quantitative estimate of drug-likeness (QED) is 0.795. The van der Waals surface area contributed by atoms with Gasteiger partial charge in [-0.1, -0.05) is 0 Å². The van der Waals surface area contributed by atoms with Gasteiger partial charge in [-0.25, -0.2) is 4.98 Å². The molecule has 19 heavy (non-hydrogen) atoms. The number of fused-ring (bicyclic) bond motifs is 1. The number of rotatable bonds is 3. The fourth-order valence-electron chi connectivity index (χ4n) is 2.07. The van der Waals surface area contributed by atoms with E-state index >= 15 is 0 Å². The average molecular weight is 258 g/mol. The second kappa shape index (κ2) is 5.26. The summed E-state index contributed by atoms with van der Waals surface area (Å²) < 4.78 is 10.8. The van der Waals surface area contributed by atoms with E-state index in [0.29, 0.717) is 0 Å². The molecular weight excluding hydrogens is 240 g/mol. The summed E-state index contributed by atoms with van der Waals surface area (Å²) in [7, 11) is 5.08. The van der Waals surface area contributed by atoms with Gasteiger partial charge >= 0.3 is 0 Å². The molecule has 0 amide bonds. The number of nitrogens with zero attached hydrogens (tertiary/aromatic N) is 2. The summed E-state index contributed by atoms with van der Waals surface area (Å²) in [6, 6.07) is 5.81. The van der Waals surface area contributed by atoms with Crippen molar-refractivity contribution in [1.29, 1.82) is 0 Å². The van der Waals surface area contributed by atoms with Crippen molar-refractivity contribution in [1.82, 2.24) is 4.98 Å². The lowest BCUT2D eigenvalue weighted by atomic mass is 10.1. The third-order valence-corrected chi connectivity index (χ3v) is 3.29. The Kier molecular flexibility index (Phi) is 3.69. The average Bonchev–Trinajstić information content (AvgIpc) is 2.46. The Morgan fingerprint density at radius 3 is 2.42 bits per heavy atom. The van der Waals surface area contributed by atoms with Gasteiger partial charge in [-0.15, -0.1) is 0 Å². The second-order valence-electron chi connectivity index (χ2n) is 4.31. The van der Waals surface area contributed by atoms with E-state index in [2.05, 4.69) is 9.98 Å². The summed E-state index contributed by atoms with van der Waals surface area (Å²) in [6.45, 7) is 3.93. The summed E-state index contributed by atoms with van der Waals surface area (Å²) in [5, 5.41) is 0.980. The number of pyridine rings is 1. The highest BCUT2D eigenvalue weighted by Gasteiger charge is 2.12. The lowest BCUT2D eigenvalue weighted by molar-refractivity contribution is 0.411. The van der Waals surface area contributed by atoms with Gasteiger partial charge in [0.25, 0.3) is 0 Å². The van der Waals surface area contributed by atoms with E-state index in [9.17, 15) is 0 Å². The van der Waals surface area contributed by atoms with Gasteiger partial charge in [0.2, 0.25) is 0 Å². The van der Waals surface area contributed by atoms with Gasteiger partial charge in [0.15, 0.2) is 0 Å². The molecule has 1 aromatic heterocycles. The monoisotopic (exact) mass is 258 g/mol. The molecule has 0 saturated carbocycles. The Balaban J connectivity index is 2.82. The molecule has 0 unspecified atom stereocenters. The van der Waals surface area contributed by atoms with Crippen LogP contribution in [-0.2, 0) is 0 Å². The number of aryl methyl sites for hydroxylation is 1. The third kappa shape index (κ3) is 2.26. The maximum atomic E-state index is 5.46. The summed E-state index contributed by atoms with van der Waals surface area (Å²) in [5.41, 5.74) is 3.59. The van der Waals surface area contributed by atoms with E-state index in [0.717, 1.165) is 39.4 Å². The van der Waals surface area contributed by atoms with Gasteiger partial charge in [0, 0.05) is 24.1 Å². The second-order valence-corrected chi connectivity index (χ2v) is 4.31. The Bertz CT molecular complexity index is 648. The summed E-state index contributed by atoms with van der Waals surface area (Å²) in [6.07, 6.45) is 0. The zero-order valence-corrected chi connectivity index (χ0v) is 11.9. The summed E-state index contributed by atoms with van der Waals surface area (Å²) in [4.78, 5) is 8.85. The van der Waals surface area contributed by atoms with Crippen LogP contribution in [0.2, 0.25) is 0 Å². The van der Waals surface area contributed by atoms with E-state index in [-0.39, 0.29) is 0 Å². The van der Waals surface area contributed by atoms with Crippen LogP contribution in [-0.4, -0.2) is 32.0 Å². The van der Waals surface area contributed by atoms with Crippen molar-refractivity contribution in [3.63, 3.8) is 0 Å². The SMILES string of the molecule is CN=C(C)c1cc(OC)c2ccc(OC)c(C)c2n1. The highest BCUT2D eigenvalue weighted by atomic mass is 16.5. The largest absolute Gasteiger partial charge is 0.496 e. The van der Waals surface area contributed by atoms with Crippen molar-refractivity contribution in [3.8, 4) is 11.5 Å². The van der Waals surface area contributed by atoms with Gasteiger partial charge in [-0.05, 0) is 26.0 Å². The van der Waals surface area contributed by atoms with E-state index < -0.39 is 0 Å². The first-order valence-corrected chi connectivity index (χ1v) is 6.08. The minimum Gasteiger partial charge on any atom is -0.496 e. The lowest BCUT2D eigenvalue weighted by Crippen LogP contribution is -2.02. The molecule has 1 aromatic carbocycles. The number of methoxy groups -OCH3 is 2. The maximum absolute atomic E-state index is 5.46. The van der Waals surface area contributed by atoms with Crippen molar-refractivity contribution < 1.29 is 9.47 Å². The minimum absolute atomic E-state index is 0.800. The molecule has 0 saturated heterocycles. The summed E-state index contributed by atoms with van der Waals surface area (Å²) in [5.74, 6) is 1.62. The molecule has 2 aromatic rings. The number of ether oxygens (including phenoxy) is 2. The van der Waals surface area contributed by atoms with Crippen LogP contribution in [0.4, 0.5) is 0 Å². The first kappa shape index (κ1) is 13.3. The van der Waals surface area contributed by atoms with Crippen molar-refractivity contribution in [2.75, 3.05) is 21.3 Å². The van der Waals surface area contributed by atoms with Gasteiger partial charge in [-0.2, -0.15) is 0 Å². The molecule has 0 radical (unpaired) electrons. The molecular formula is C15H18N2O2. The van der Waals surface area contributed by atoms with Crippen molar-refractivity contribution in [3.05, 3.63) is 29.5 Å². The molecule has 4 nitrogen and oxygen atoms in total. The number of hydrogen-bond acceptors (Lipinski definition) is 4. The van der Waals surface area contributed by atoms with Crippen LogP contribution in [0.5, 0.6) is 11.5 Å². The molecule has 100 valence electrons. The number of hydrogen-bond donors (Lipinski definition) is 0. The zero-order valence-electron chi connectivity index (χ0n) is 11.9. The highest BCUT2D eigenvalue weighted by Crippen LogP contribution is 2.32. The topological polar surface area (TPSA) is 43.7 Å². The first-order valence-electron chi connectivity index (χ1n) is 6.08. The molecule has 0 bridgehead atoms. The molecule has 2 rings (SSSR count). The van der Waals surface area contributed by atoms with E-state index in [1.807, 2.05) is 32.0 Å². The number of benzene rings is 1. The van der Waals surface area contributed by atoms with E-state index in [1.54, 1.807) is 21.3 Å². The summed E-state index contributed by atoms with van der Waals surface area (Å²) >= 11 is 0. The molecule has 0 aliphatic heterocycles. The van der Waals surface area contributed by atoms with Gasteiger partial charge < -0.3 is 9.47 Å². The molecule has 0 aliphatic carbocycles. The normalized spacial score (nSPS) is 11.7. The smallest absolute Gasteiger partial charge is 0.130 e. The van der Waals surface area contributed by atoms with Crippen LogP contribution < -0.4 is 9.47 Å².